The maximum absolute atomic E-state index is 12.0. The lowest BCUT2D eigenvalue weighted by molar-refractivity contribution is -0.220. The maximum Gasteiger partial charge on any atom is 0.491 e. The molecular weight excluding hydrogens is 329 g/mol. The van der Waals surface area contributed by atoms with E-state index in [4.69, 9.17) is 20.6 Å². The van der Waals surface area contributed by atoms with Gasteiger partial charge in [0.15, 0.2) is 0 Å². The van der Waals surface area contributed by atoms with E-state index >= 15 is 0 Å². The molecule has 0 radical (unpaired) electrons. The number of aliphatic hydroxyl groups is 7. The molecule has 1 saturated carbocycles. The average Bonchev–Trinajstić information content (AvgIpc) is 2.52. The van der Waals surface area contributed by atoms with Crippen LogP contribution in [0.5, 0.6) is 0 Å². The second-order valence-electron chi connectivity index (χ2n) is 4.71. The second kappa shape index (κ2) is 8.06. The summed E-state index contributed by atoms with van der Waals surface area (Å²) >= 11 is 0. The molecule has 0 spiro atoms. The minimum atomic E-state index is -4.60. The Morgan fingerprint density at radius 3 is 1.86 bits per heavy atom. The molecule has 0 heterocycles. The first kappa shape index (κ1) is 19.8. The zero-order valence-electron chi connectivity index (χ0n) is 11.2. The summed E-state index contributed by atoms with van der Waals surface area (Å²) in [6, 6.07) is 0. The van der Waals surface area contributed by atoms with Crippen molar-refractivity contribution in [2.45, 2.75) is 42.7 Å². The lowest BCUT2D eigenvalue weighted by Gasteiger charge is -2.41. The highest BCUT2D eigenvalue weighted by atomic mass is 31.2. The topological polar surface area (TPSA) is 212 Å². The summed E-state index contributed by atoms with van der Waals surface area (Å²) in [5.74, 6) is 4.74. The van der Waals surface area contributed by atoms with Crippen LogP contribution in [-0.2, 0) is 18.2 Å². The highest BCUT2D eigenvalue weighted by molar-refractivity contribution is 7.48. The standard InChI is InChI=1S/C9H20NO11P/c10-21-22(18,19-2-3(12)1-11)20-9-7(16)5(14)4(13)6(15)8(9)17/h3-9,11-17H,1-2,10H2/t3-,4-,5-,6+,7-,8-,9-,22?/m0/s1. The number of hydrogen-bond acceptors (Lipinski definition) is 12. The Kier molecular flexibility index (Phi) is 7.26. The predicted octanol–water partition coefficient (Wildman–Crippen LogP) is -4.44. The second-order valence-corrected chi connectivity index (χ2v) is 6.28. The Morgan fingerprint density at radius 1 is 1.00 bits per heavy atom. The Morgan fingerprint density at radius 2 is 1.45 bits per heavy atom. The van der Waals surface area contributed by atoms with Crippen molar-refractivity contribution in [2.75, 3.05) is 13.2 Å². The van der Waals surface area contributed by atoms with Gasteiger partial charge in [-0.25, -0.2) is 15.1 Å². The molecule has 0 bridgehead atoms. The molecule has 132 valence electrons. The van der Waals surface area contributed by atoms with Crippen LogP contribution in [0.25, 0.3) is 0 Å². The van der Waals surface area contributed by atoms with Crippen LogP contribution in [0.15, 0.2) is 0 Å². The minimum Gasteiger partial charge on any atom is -0.394 e. The lowest BCUT2D eigenvalue weighted by Crippen LogP contribution is -2.64. The summed E-state index contributed by atoms with van der Waals surface area (Å²) in [4.78, 5) is 0. The van der Waals surface area contributed by atoms with Gasteiger partial charge in [0.1, 0.15) is 42.7 Å². The Bertz CT molecular complexity index is 382. The summed E-state index contributed by atoms with van der Waals surface area (Å²) in [7, 11) is -4.60. The summed E-state index contributed by atoms with van der Waals surface area (Å²) in [6.45, 7) is -1.43. The van der Waals surface area contributed by atoms with E-state index in [0.29, 0.717) is 0 Å². The van der Waals surface area contributed by atoms with Crippen molar-refractivity contribution in [3.05, 3.63) is 0 Å². The molecule has 1 unspecified atom stereocenters. The first-order valence-corrected chi connectivity index (χ1v) is 7.63. The van der Waals surface area contributed by atoms with Gasteiger partial charge in [-0.15, -0.1) is 0 Å². The third kappa shape index (κ3) is 4.41. The number of phosphoric ester groups is 1. The zero-order chi connectivity index (χ0) is 17.1. The van der Waals surface area contributed by atoms with Gasteiger partial charge >= 0.3 is 7.82 Å². The summed E-state index contributed by atoms with van der Waals surface area (Å²) < 4.78 is 25.3. The van der Waals surface area contributed by atoms with Crippen molar-refractivity contribution in [2.24, 2.45) is 5.90 Å². The average molecular weight is 349 g/mol. The van der Waals surface area contributed by atoms with Crippen LogP contribution in [0.2, 0.25) is 0 Å². The monoisotopic (exact) mass is 349 g/mol. The van der Waals surface area contributed by atoms with E-state index in [9.17, 15) is 30.1 Å². The lowest BCUT2D eigenvalue weighted by atomic mass is 9.85. The largest absolute Gasteiger partial charge is 0.491 e. The van der Waals surface area contributed by atoms with Gasteiger partial charge in [0.2, 0.25) is 0 Å². The molecule has 8 atom stereocenters. The molecule has 1 rings (SSSR count). The summed E-state index contributed by atoms with van der Waals surface area (Å²) in [6.07, 6.45) is -12.8. The molecule has 9 N–H and O–H groups in total. The van der Waals surface area contributed by atoms with Gasteiger partial charge < -0.3 is 35.7 Å². The Balaban J connectivity index is 2.82. The van der Waals surface area contributed by atoms with E-state index in [1.54, 1.807) is 0 Å². The molecule has 1 aliphatic carbocycles. The fourth-order valence-corrected chi connectivity index (χ4v) is 2.86. The van der Waals surface area contributed by atoms with Crippen molar-refractivity contribution in [1.82, 2.24) is 0 Å². The molecule has 0 aromatic heterocycles. The van der Waals surface area contributed by atoms with Crippen LogP contribution in [0.4, 0.5) is 0 Å². The van der Waals surface area contributed by atoms with Gasteiger partial charge in [-0.3, -0.25) is 9.05 Å². The molecule has 0 aromatic carbocycles. The quantitative estimate of drug-likeness (QED) is 0.161. The van der Waals surface area contributed by atoms with Gasteiger partial charge in [-0.05, 0) is 0 Å². The zero-order valence-corrected chi connectivity index (χ0v) is 12.1. The molecule has 22 heavy (non-hydrogen) atoms. The number of phosphoric acid groups is 1. The van der Waals surface area contributed by atoms with E-state index in [0.717, 1.165) is 0 Å². The number of rotatable bonds is 7. The smallest absolute Gasteiger partial charge is 0.394 e. The summed E-state index contributed by atoms with van der Waals surface area (Å²) in [5.41, 5.74) is 0. The minimum absolute atomic E-state index is 0.711. The van der Waals surface area contributed by atoms with Crippen molar-refractivity contribution in [1.29, 1.82) is 0 Å². The molecule has 1 aliphatic rings. The SMILES string of the molecule is NOP(=O)(OC[C@@H](O)CO)O[C@@H]1[C@@H](O)[C@H](O)[C@@H](O)[C@H](O)[C@@H]1O. The van der Waals surface area contributed by atoms with Gasteiger partial charge in [-0.1, -0.05) is 0 Å². The molecule has 0 aliphatic heterocycles. The van der Waals surface area contributed by atoms with Crippen LogP contribution in [-0.4, -0.2) is 91.7 Å². The third-order valence-corrected chi connectivity index (χ3v) is 4.31. The number of hydrogen-bond donors (Lipinski definition) is 8. The molecule has 0 aromatic rings. The normalized spacial score (nSPS) is 40.2. The van der Waals surface area contributed by atoms with Crippen LogP contribution in [0.1, 0.15) is 0 Å². The molecule has 0 amide bonds. The van der Waals surface area contributed by atoms with Crippen molar-refractivity contribution >= 4 is 7.82 Å². The van der Waals surface area contributed by atoms with E-state index in [1.165, 1.54) is 0 Å². The fourth-order valence-electron chi connectivity index (χ4n) is 1.79. The van der Waals surface area contributed by atoms with Crippen LogP contribution < -0.4 is 5.90 Å². The highest BCUT2D eigenvalue weighted by Crippen LogP contribution is 2.50. The molecule has 13 heteroatoms. The predicted molar refractivity (Wildman–Crippen MR) is 66.8 cm³/mol. The first-order chi connectivity index (χ1) is 10.2. The molecule has 1 fully saturated rings. The summed E-state index contributed by atoms with van der Waals surface area (Å²) in [5, 5.41) is 65.5. The van der Waals surface area contributed by atoms with Gasteiger partial charge in [0.25, 0.3) is 0 Å². The van der Waals surface area contributed by atoms with E-state index < -0.39 is 63.8 Å². The fraction of sp³-hybridized carbons (Fsp3) is 1.00. The maximum atomic E-state index is 12.0. The third-order valence-electron chi connectivity index (χ3n) is 3.09. The number of nitrogens with two attached hydrogens (primary N) is 1. The van der Waals surface area contributed by atoms with Crippen molar-refractivity contribution in [3.63, 3.8) is 0 Å². The van der Waals surface area contributed by atoms with E-state index in [-0.39, 0.29) is 0 Å². The Hall–Kier alpha value is -0.210. The van der Waals surface area contributed by atoms with Gasteiger partial charge in [0, 0.05) is 0 Å². The van der Waals surface area contributed by atoms with Gasteiger partial charge in [0.05, 0.1) is 13.2 Å². The highest BCUT2D eigenvalue weighted by Gasteiger charge is 2.51. The first-order valence-electron chi connectivity index (χ1n) is 6.17. The van der Waals surface area contributed by atoms with Crippen LogP contribution in [0.3, 0.4) is 0 Å². The van der Waals surface area contributed by atoms with Crippen molar-refractivity contribution < 1.29 is 54.0 Å². The van der Waals surface area contributed by atoms with Crippen LogP contribution in [0, 0.1) is 0 Å². The van der Waals surface area contributed by atoms with Crippen LogP contribution >= 0.6 is 7.82 Å². The van der Waals surface area contributed by atoms with E-state index in [1.807, 2.05) is 0 Å². The molecule has 12 nitrogen and oxygen atoms in total. The Labute approximate surface area is 124 Å². The van der Waals surface area contributed by atoms with Crippen molar-refractivity contribution in [3.8, 4) is 0 Å². The molecule has 0 saturated heterocycles. The molecular formula is C9H20NO11P. The van der Waals surface area contributed by atoms with Gasteiger partial charge in [-0.2, -0.15) is 0 Å². The number of aliphatic hydroxyl groups excluding tert-OH is 7. The van der Waals surface area contributed by atoms with E-state index in [2.05, 4.69) is 9.15 Å².